The Morgan fingerprint density at radius 2 is 2.11 bits per heavy atom. The summed E-state index contributed by atoms with van der Waals surface area (Å²) in [5.41, 5.74) is 5.05. The Labute approximate surface area is 158 Å². The fourth-order valence-corrected chi connectivity index (χ4v) is 3.06. The minimum atomic E-state index is -4.54. The smallest absolute Gasteiger partial charge is 0.369 e. The van der Waals surface area contributed by atoms with Crippen LogP contribution in [0.3, 0.4) is 0 Å². The minimum Gasteiger partial charge on any atom is -0.369 e. The molecule has 2 fully saturated rings. The number of alkyl halides is 3. The van der Waals surface area contributed by atoms with Gasteiger partial charge in [-0.3, -0.25) is 9.48 Å². The summed E-state index contributed by atoms with van der Waals surface area (Å²) in [5.74, 6) is -0.588. The molecule has 28 heavy (non-hydrogen) atoms. The Balaban J connectivity index is 1.57. The topological polar surface area (TPSA) is 111 Å². The van der Waals surface area contributed by atoms with Gasteiger partial charge in [-0.2, -0.15) is 23.3 Å². The molecule has 4 N–H and O–H groups in total. The van der Waals surface area contributed by atoms with Gasteiger partial charge in [0.15, 0.2) is 0 Å². The third kappa shape index (κ3) is 3.36. The Morgan fingerprint density at radius 3 is 2.68 bits per heavy atom. The second-order valence-corrected chi connectivity index (χ2v) is 7.61. The number of aryl methyl sites for hydroxylation is 1. The first-order valence-corrected chi connectivity index (χ1v) is 8.91. The van der Waals surface area contributed by atoms with Gasteiger partial charge in [0, 0.05) is 18.4 Å². The molecule has 11 heteroatoms. The fourth-order valence-electron chi connectivity index (χ4n) is 3.06. The monoisotopic (exact) mass is 395 g/mol. The number of hydrogen-bond acceptors (Lipinski definition) is 6. The van der Waals surface area contributed by atoms with E-state index >= 15 is 0 Å². The third-order valence-electron chi connectivity index (χ3n) is 5.25. The predicted molar refractivity (Wildman–Crippen MR) is 94.9 cm³/mol. The Hall–Kier alpha value is -2.85. The zero-order valence-corrected chi connectivity index (χ0v) is 15.3. The van der Waals surface area contributed by atoms with Crippen LogP contribution in [0.25, 0.3) is 0 Å². The number of halogens is 3. The standard InChI is InChI=1S/C17H20F3N7O/c1-8-11(7-27(26-8)12-5-16(12,2)14(21)28)24-15-22-6-10(17(18,19)20)13(25-15)23-9-3-4-9/h6-7,9,12H,3-5H2,1-2H3,(H2,21,28)(H2,22,23,24,25)/t12-,16+/m0/s1. The molecule has 2 aliphatic rings. The molecule has 2 aromatic heterocycles. The van der Waals surface area contributed by atoms with Crippen molar-refractivity contribution in [1.82, 2.24) is 19.7 Å². The van der Waals surface area contributed by atoms with Gasteiger partial charge in [0.05, 0.1) is 22.8 Å². The molecule has 8 nitrogen and oxygen atoms in total. The molecular weight excluding hydrogens is 375 g/mol. The number of amides is 1. The number of nitrogens with two attached hydrogens (primary N) is 1. The van der Waals surface area contributed by atoms with Crippen molar-refractivity contribution in [2.24, 2.45) is 11.1 Å². The molecule has 2 saturated carbocycles. The van der Waals surface area contributed by atoms with Crippen molar-refractivity contribution in [3.8, 4) is 0 Å². The predicted octanol–water partition coefficient (Wildman–Crippen LogP) is 2.75. The lowest BCUT2D eigenvalue weighted by Crippen LogP contribution is -2.24. The molecule has 2 atom stereocenters. The maximum Gasteiger partial charge on any atom is 0.421 e. The van der Waals surface area contributed by atoms with Crippen molar-refractivity contribution < 1.29 is 18.0 Å². The Bertz CT molecular complexity index is 937. The molecule has 2 aromatic rings. The number of nitrogens with one attached hydrogen (secondary N) is 2. The minimum absolute atomic E-state index is 0.00896. The molecule has 0 radical (unpaired) electrons. The zero-order chi connectivity index (χ0) is 20.3. The summed E-state index contributed by atoms with van der Waals surface area (Å²) in [7, 11) is 0. The Morgan fingerprint density at radius 1 is 1.39 bits per heavy atom. The van der Waals surface area contributed by atoms with Gasteiger partial charge in [-0.1, -0.05) is 0 Å². The van der Waals surface area contributed by atoms with Crippen molar-refractivity contribution in [3.63, 3.8) is 0 Å². The van der Waals surface area contributed by atoms with Crippen LogP contribution in [-0.2, 0) is 11.0 Å². The van der Waals surface area contributed by atoms with E-state index in [1.807, 2.05) is 0 Å². The maximum absolute atomic E-state index is 13.2. The van der Waals surface area contributed by atoms with Crippen molar-refractivity contribution in [1.29, 1.82) is 0 Å². The molecule has 0 unspecified atom stereocenters. The molecule has 4 rings (SSSR count). The quantitative estimate of drug-likeness (QED) is 0.694. The maximum atomic E-state index is 13.2. The van der Waals surface area contributed by atoms with Crippen LogP contribution < -0.4 is 16.4 Å². The van der Waals surface area contributed by atoms with E-state index in [1.165, 1.54) is 0 Å². The molecule has 0 aromatic carbocycles. The van der Waals surface area contributed by atoms with Crippen LogP contribution in [0, 0.1) is 12.3 Å². The number of hydrogen-bond donors (Lipinski definition) is 3. The summed E-state index contributed by atoms with van der Waals surface area (Å²) in [6.07, 6.45) is 0.136. The number of aromatic nitrogens is 4. The lowest BCUT2D eigenvalue weighted by molar-refractivity contribution is -0.137. The largest absolute Gasteiger partial charge is 0.421 e. The van der Waals surface area contributed by atoms with Gasteiger partial charge in [-0.15, -0.1) is 0 Å². The highest BCUT2D eigenvalue weighted by molar-refractivity contribution is 5.84. The fraction of sp³-hybridized carbons (Fsp3) is 0.529. The molecule has 0 aliphatic heterocycles. The first-order chi connectivity index (χ1) is 13.1. The summed E-state index contributed by atoms with van der Waals surface area (Å²) in [5, 5.41) is 10.1. The average molecular weight is 395 g/mol. The van der Waals surface area contributed by atoms with Crippen LogP contribution in [-0.4, -0.2) is 31.7 Å². The number of primary amides is 1. The van der Waals surface area contributed by atoms with E-state index in [2.05, 4.69) is 25.7 Å². The van der Waals surface area contributed by atoms with Gasteiger partial charge in [0.25, 0.3) is 0 Å². The van der Waals surface area contributed by atoms with E-state index in [0.717, 1.165) is 19.0 Å². The van der Waals surface area contributed by atoms with Gasteiger partial charge in [0.1, 0.15) is 11.4 Å². The summed E-state index contributed by atoms with van der Waals surface area (Å²) in [4.78, 5) is 19.4. The van der Waals surface area contributed by atoms with Crippen LogP contribution in [0.5, 0.6) is 0 Å². The number of nitrogens with zero attached hydrogens (tertiary/aromatic N) is 4. The zero-order valence-electron chi connectivity index (χ0n) is 15.3. The van der Waals surface area contributed by atoms with Crippen molar-refractivity contribution >= 4 is 23.4 Å². The number of carbonyl (C=O) groups is 1. The van der Waals surface area contributed by atoms with E-state index in [1.54, 1.807) is 24.7 Å². The van der Waals surface area contributed by atoms with Gasteiger partial charge in [0.2, 0.25) is 11.9 Å². The van der Waals surface area contributed by atoms with Gasteiger partial charge < -0.3 is 16.4 Å². The average Bonchev–Trinajstić information content (AvgIpc) is 3.49. The second-order valence-electron chi connectivity index (χ2n) is 7.61. The SMILES string of the molecule is Cc1nn([C@H]2C[C@@]2(C)C(N)=O)cc1Nc1ncc(C(F)(F)F)c(NC2CC2)n1. The summed E-state index contributed by atoms with van der Waals surface area (Å²) in [6.45, 7) is 3.52. The summed E-state index contributed by atoms with van der Waals surface area (Å²) >= 11 is 0. The highest BCUT2D eigenvalue weighted by atomic mass is 19.4. The van der Waals surface area contributed by atoms with E-state index in [0.29, 0.717) is 17.8 Å². The molecule has 0 bridgehead atoms. The van der Waals surface area contributed by atoms with E-state index in [9.17, 15) is 18.0 Å². The Kier molecular flexibility index (Phi) is 4.02. The highest BCUT2D eigenvalue weighted by Crippen LogP contribution is 2.55. The third-order valence-corrected chi connectivity index (χ3v) is 5.25. The van der Waals surface area contributed by atoms with Crippen molar-refractivity contribution in [3.05, 3.63) is 23.7 Å². The molecule has 2 heterocycles. The molecule has 1 amide bonds. The van der Waals surface area contributed by atoms with E-state index in [4.69, 9.17) is 5.73 Å². The van der Waals surface area contributed by atoms with Gasteiger partial charge >= 0.3 is 6.18 Å². The lowest BCUT2D eigenvalue weighted by atomic mass is 10.1. The highest BCUT2D eigenvalue weighted by Gasteiger charge is 2.57. The molecular formula is C17H20F3N7O. The van der Waals surface area contributed by atoms with Crippen molar-refractivity contribution in [2.45, 2.75) is 51.4 Å². The van der Waals surface area contributed by atoms with Crippen LogP contribution in [0.1, 0.15) is 43.5 Å². The number of anilines is 3. The van der Waals surface area contributed by atoms with Gasteiger partial charge in [-0.25, -0.2) is 4.98 Å². The lowest BCUT2D eigenvalue weighted by Gasteiger charge is -2.14. The summed E-state index contributed by atoms with van der Waals surface area (Å²) < 4.78 is 41.2. The number of rotatable bonds is 6. The molecule has 0 saturated heterocycles. The van der Waals surface area contributed by atoms with Crippen LogP contribution in [0.2, 0.25) is 0 Å². The van der Waals surface area contributed by atoms with E-state index in [-0.39, 0.29) is 29.8 Å². The first-order valence-electron chi connectivity index (χ1n) is 8.91. The van der Waals surface area contributed by atoms with Crippen LogP contribution >= 0.6 is 0 Å². The first kappa shape index (κ1) is 18.5. The second kappa shape index (κ2) is 6.08. The van der Waals surface area contributed by atoms with Crippen LogP contribution in [0.15, 0.2) is 12.4 Å². The molecule has 2 aliphatic carbocycles. The molecule has 150 valence electrons. The number of carbonyl (C=O) groups excluding carboxylic acids is 1. The van der Waals surface area contributed by atoms with E-state index < -0.39 is 17.2 Å². The normalized spacial score (nSPS) is 24.1. The summed E-state index contributed by atoms with van der Waals surface area (Å²) in [6, 6.07) is -0.130. The van der Waals surface area contributed by atoms with Crippen molar-refractivity contribution in [2.75, 3.05) is 10.6 Å². The van der Waals surface area contributed by atoms with Gasteiger partial charge in [-0.05, 0) is 33.1 Å². The van der Waals surface area contributed by atoms with Crippen LogP contribution in [0.4, 0.5) is 30.6 Å². The molecule has 0 spiro atoms.